The number of nitrogens with one attached hydrogen (secondary N) is 1. The van der Waals surface area contributed by atoms with Crippen LogP contribution in [0.15, 0.2) is 48.0 Å². The minimum Gasteiger partial charge on any atom is -0.493 e. The van der Waals surface area contributed by atoms with Gasteiger partial charge in [0.25, 0.3) is 5.91 Å². The lowest BCUT2D eigenvalue weighted by Gasteiger charge is -2.11. The minimum absolute atomic E-state index is 0.0745. The molecule has 0 fully saturated rings. The number of hydrogen-bond donors (Lipinski definition) is 1. The Morgan fingerprint density at radius 3 is 2.68 bits per heavy atom. The quantitative estimate of drug-likeness (QED) is 0.493. The van der Waals surface area contributed by atoms with Crippen molar-refractivity contribution in [1.82, 2.24) is 0 Å². The number of nitriles is 1. The van der Waals surface area contributed by atoms with Crippen LogP contribution in [0.25, 0.3) is 6.08 Å². The Morgan fingerprint density at radius 2 is 2.04 bits per heavy atom. The van der Waals surface area contributed by atoms with Crippen LogP contribution in [0.4, 0.5) is 18.9 Å². The third-order valence-corrected chi connectivity index (χ3v) is 3.78. The average Bonchev–Trinajstić information content (AvgIpc) is 2.64. The van der Waals surface area contributed by atoms with Gasteiger partial charge in [-0.25, -0.2) is 0 Å². The highest BCUT2D eigenvalue weighted by Gasteiger charge is 2.30. The van der Waals surface area contributed by atoms with Crippen LogP contribution in [0, 0.1) is 11.3 Å². The Morgan fingerprint density at radius 1 is 1.29 bits per heavy atom. The molecule has 0 heterocycles. The van der Waals surface area contributed by atoms with Gasteiger partial charge < -0.3 is 10.1 Å². The van der Waals surface area contributed by atoms with E-state index in [1.54, 1.807) is 18.2 Å². The van der Waals surface area contributed by atoms with Crippen LogP contribution in [0.3, 0.4) is 0 Å². The number of carbonyl (C=O) groups excluding carboxylic acids is 1. The molecule has 8 heteroatoms. The number of amides is 1. The zero-order valence-corrected chi connectivity index (χ0v) is 15.6. The second kappa shape index (κ2) is 9.29. The summed E-state index contributed by atoms with van der Waals surface area (Å²) in [6.07, 6.45) is -2.51. The normalized spacial score (nSPS) is 11.6. The number of benzene rings is 2. The highest BCUT2D eigenvalue weighted by atomic mass is 35.5. The molecule has 28 heavy (non-hydrogen) atoms. The molecular weight excluding hydrogens is 393 g/mol. The number of rotatable bonds is 6. The van der Waals surface area contributed by atoms with Gasteiger partial charge in [0.1, 0.15) is 17.4 Å². The van der Waals surface area contributed by atoms with E-state index >= 15 is 0 Å². The Kier molecular flexibility index (Phi) is 7.07. The molecule has 146 valence electrons. The predicted molar refractivity (Wildman–Crippen MR) is 101 cm³/mol. The zero-order valence-electron chi connectivity index (χ0n) is 14.8. The molecule has 0 unspecified atom stereocenters. The first kappa shape index (κ1) is 21.3. The Bertz CT molecular complexity index is 934. The van der Waals surface area contributed by atoms with Crippen LogP contribution >= 0.6 is 11.6 Å². The maximum Gasteiger partial charge on any atom is 0.416 e. The number of halogens is 4. The molecule has 0 aromatic heterocycles. The Hall–Kier alpha value is -2.98. The molecule has 0 bridgehead atoms. The third kappa shape index (κ3) is 5.76. The number of ether oxygens (including phenoxy) is 1. The molecule has 2 aromatic carbocycles. The van der Waals surface area contributed by atoms with Crippen molar-refractivity contribution in [3.63, 3.8) is 0 Å². The molecule has 0 atom stereocenters. The first-order chi connectivity index (χ1) is 13.2. The number of alkyl halides is 3. The zero-order chi connectivity index (χ0) is 20.7. The molecule has 1 N–H and O–H groups in total. The average molecular weight is 409 g/mol. The van der Waals surface area contributed by atoms with Gasteiger partial charge in [-0.2, -0.15) is 18.4 Å². The lowest BCUT2D eigenvalue weighted by Crippen LogP contribution is -2.14. The van der Waals surface area contributed by atoms with Gasteiger partial charge in [0, 0.05) is 16.3 Å². The largest absolute Gasteiger partial charge is 0.493 e. The fourth-order valence-corrected chi connectivity index (χ4v) is 2.43. The second-order valence-electron chi connectivity index (χ2n) is 5.73. The highest BCUT2D eigenvalue weighted by molar-refractivity contribution is 6.30. The predicted octanol–water partition coefficient (Wildman–Crippen LogP) is 5.69. The molecule has 0 aliphatic carbocycles. The van der Waals surface area contributed by atoms with Gasteiger partial charge in [0.05, 0.1) is 12.2 Å². The molecule has 0 saturated heterocycles. The molecule has 0 aliphatic rings. The molecule has 0 radical (unpaired) electrons. The molecule has 0 spiro atoms. The fraction of sp³-hybridized carbons (Fsp3) is 0.200. The van der Waals surface area contributed by atoms with E-state index in [0.717, 1.165) is 18.6 Å². The summed E-state index contributed by atoms with van der Waals surface area (Å²) in [6, 6.07) is 10.7. The fourth-order valence-electron chi connectivity index (χ4n) is 2.25. The molecule has 2 aromatic rings. The van der Waals surface area contributed by atoms with Crippen LogP contribution in [0.2, 0.25) is 5.02 Å². The van der Waals surface area contributed by atoms with Crippen molar-refractivity contribution in [1.29, 1.82) is 5.26 Å². The Labute approximate surface area is 165 Å². The second-order valence-corrected chi connectivity index (χ2v) is 6.17. The molecule has 2 rings (SSSR count). The molecule has 0 saturated carbocycles. The van der Waals surface area contributed by atoms with Gasteiger partial charge in [-0.05, 0) is 48.9 Å². The molecular formula is C20H16ClF3N2O2. The van der Waals surface area contributed by atoms with Gasteiger partial charge in [0.2, 0.25) is 0 Å². The van der Waals surface area contributed by atoms with Crippen molar-refractivity contribution < 1.29 is 22.7 Å². The first-order valence-electron chi connectivity index (χ1n) is 8.27. The summed E-state index contributed by atoms with van der Waals surface area (Å²) in [5.41, 5.74) is -0.870. The minimum atomic E-state index is -4.54. The maximum atomic E-state index is 12.8. The van der Waals surface area contributed by atoms with E-state index in [-0.39, 0.29) is 11.3 Å². The van der Waals surface area contributed by atoms with Crippen LogP contribution in [0.1, 0.15) is 24.5 Å². The summed E-state index contributed by atoms with van der Waals surface area (Å²) in [6.45, 7) is 2.36. The summed E-state index contributed by atoms with van der Waals surface area (Å²) in [4.78, 5) is 12.4. The standard InChI is InChI=1S/C20H16ClF3N2O2/c1-2-8-28-18-7-6-16(21)10-13(18)9-14(12-25)19(27)26-17-5-3-4-15(11-17)20(22,23)24/h3-7,9-11H,2,8H2,1H3,(H,26,27)/b14-9+. The molecule has 0 aliphatic heterocycles. The van der Waals surface area contributed by atoms with Crippen molar-refractivity contribution in [2.24, 2.45) is 0 Å². The van der Waals surface area contributed by atoms with Crippen molar-refractivity contribution in [2.45, 2.75) is 19.5 Å². The number of carbonyl (C=O) groups is 1. The van der Waals surface area contributed by atoms with Crippen molar-refractivity contribution >= 4 is 29.3 Å². The van der Waals surface area contributed by atoms with Crippen LogP contribution in [-0.4, -0.2) is 12.5 Å². The van der Waals surface area contributed by atoms with E-state index in [9.17, 15) is 23.2 Å². The van der Waals surface area contributed by atoms with Gasteiger partial charge >= 0.3 is 6.18 Å². The first-order valence-corrected chi connectivity index (χ1v) is 8.65. The van der Waals surface area contributed by atoms with Gasteiger partial charge in [-0.15, -0.1) is 0 Å². The van der Waals surface area contributed by atoms with E-state index in [1.165, 1.54) is 24.3 Å². The topological polar surface area (TPSA) is 62.1 Å². The van der Waals surface area contributed by atoms with Gasteiger partial charge in [0.15, 0.2) is 0 Å². The molecule has 4 nitrogen and oxygen atoms in total. The van der Waals surface area contributed by atoms with Gasteiger partial charge in [-0.3, -0.25) is 4.79 Å². The van der Waals surface area contributed by atoms with Crippen molar-refractivity contribution in [2.75, 3.05) is 11.9 Å². The maximum absolute atomic E-state index is 12.8. The third-order valence-electron chi connectivity index (χ3n) is 3.55. The van der Waals surface area contributed by atoms with Crippen molar-refractivity contribution in [3.8, 4) is 11.8 Å². The molecule has 1 amide bonds. The van der Waals surface area contributed by atoms with Crippen molar-refractivity contribution in [3.05, 3.63) is 64.2 Å². The number of hydrogen-bond acceptors (Lipinski definition) is 3. The summed E-state index contributed by atoms with van der Waals surface area (Å²) in [7, 11) is 0. The lowest BCUT2D eigenvalue weighted by atomic mass is 10.1. The van der Waals surface area contributed by atoms with Gasteiger partial charge in [-0.1, -0.05) is 24.6 Å². The van der Waals surface area contributed by atoms with E-state index < -0.39 is 17.6 Å². The van der Waals surface area contributed by atoms with Crippen LogP contribution in [0.5, 0.6) is 5.75 Å². The summed E-state index contributed by atoms with van der Waals surface area (Å²) < 4.78 is 44.0. The summed E-state index contributed by atoms with van der Waals surface area (Å²) in [5, 5.41) is 12.0. The van der Waals surface area contributed by atoms with Crippen LogP contribution in [-0.2, 0) is 11.0 Å². The van der Waals surface area contributed by atoms with E-state index in [0.29, 0.717) is 22.9 Å². The van der Waals surface area contributed by atoms with E-state index in [2.05, 4.69) is 5.32 Å². The summed E-state index contributed by atoms with van der Waals surface area (Å²) in [5.74, 6) is -0.408. The Balaban J connectivity index is 2.30. The van der Waals surface area contributed by atoms with E-state index in [1.807, 2.05) is 6.92 Å². The van der Waals surface area contributed by atoms with E-state index in [4.69, 9.17) is 16.3 Å². The lowest BCUT2D eigenvalue weighted by molar-refractivity contribution is -0.137. The summed E-state index contributed by atoms with van der Waals surface area (Å²) >= 11 is 5.97. The number of nitrogens with zero attached hydrogens (tertiary/aromatic N) is 1. The smallest absolute Gasteiger partial charge is 0.416 e. The number of anilines is 1. The monoisotopic (exact) mass is 408 g/mol. The highest BCUT2D eigenvalue weighted by Crippen LogP contribution is 2.31. The van der Waals surface area contributed by atoms with Crippen LogP contribution < -0.4 is 10.1 Å². The SMILES string of the molecule is CCCOc1ccc(Cl)cc1/C=C(\C#N)C(=O)Nc1cccc(C(F)(F)F)c1.